The molecule has 1 aromatic heterocycles. The van der Waals surface area contributed by atoms with Crippen molar-refractivity contribution in [2.24, 2.45) is 0 Å². The molecule has 3 rings (SSSR count). The molecule has 0 radical (unpaired) electrons. The Balaban J connectivity index is 2.09. The highest BCUT2D eigenvalue weighted by molar-refractivity contribution is 6.46. The largest absolute Gasteiger partial charge is 0.507 e. The van der Waals surface area contributed by atoms with Gasteiger partial charge in [-0.05, 0) is 57.4 Å². The van der Waals surface area contributed by atoms with Crippen molar-refractivity contribution in [2.45, 2.75) is 12.5 Å². The summed E-state index contributed by atoms with van der Waals surface area (Å²) in [4.78, 5) is 33.7. The van der Waals surface area contributed by atoms with Crippen molar-refractivity contribution in [1.29, 1.82) is 0 Å². The molecule has 0 bridgehead atoms. The van der Waals surface area contributed by atoms with Gasteiger partial charge < -0.3 is 24.4 Å². The van der Waals surface area contributed by atoms with Gasteiger partial charge in [-0.25, -0.2) is 0 Å². The highest BCUT2D eigenvalue weighted by atomic mass is 16.5. The lowest BCUT2D eigenvalue weighted by atomic mass is 9.98. The van der Waals surface area contributed by atoms with Crippen LogP contribution in [-0.2, 0) is 9.59 Å². The fourth-order valence-corrected chi connectivity index (χ4v) is 3.65. The summed E-state index contributed by atoms with van der Waals surface area (Å²) in [5, 5.41) is 11.1. The van der Waals surface area contributed by atoms with Gasteiger partial charge in [-0.1, -0.05) is 6.07 Å². The second kappa shape index (κ2) is 9.61. The SMILES string of the molecule is COc1ccc(C(O)=C2C(=O)C(=O)N(CCCN(C)C)[C@H]2c2ccccn2)cc1OC. The standard InChI is InChI=1S/C23H27N3O5/c1-25(2)12-7-13-26-20(16-8-5-6-11-24-16)19(22(28)23(26)29)21(27)15-9-10-17(30-3)18(14-15)31-4/h5-6,8-11,14,20,27H,7,12-13H2,1-4H3/t20-/m0/s1. The number of hydrogen-bond acceptors (Lipinski definition) is 7. The van der Waals surface area contributed by atoms with Crippen LogP contribution in [0, 0.1) is 0 Å². The number of likely N-dealkylation sites (tertiary alicyclic amines) is 1. The Morgan fingerprint density at radius 2 is 1.87 bits per heavy atom. The molecule has 1 amide bonds. The number of rotatable bonds is 8. The number of ether oxygens (including phenoxy) is 2. The number of carbonyl (C=O) groups excluding carboxylic acids is 2. The van der Waals surface area contributed by atoms with Gasteiger partial charge in [0.2, 0.25) is 0 Å². The second-order valence-corrected chi connectivity index (χ2v) is 7.47. The third-order valence-electron chi connectivity index (χ3n) is 5.17. The number of aliphatic hydroxyl groups excluding tert-OH is 1. The minimum Gasteiger partial charge on any atom is -0.507 e. The number of Topliss-reactive ketones (excluding diaryl/α,β-unsaturated/α-hetero) is 1. The van der Waals surface area contributed by atoms with Crippen LogP contribution in [0.15, 0.2) is 48.2 Å². The van der Waals surface area contributed by atoms with Crippen molar-refractivity contribution >= 4 is 17.4 Å². The van der Waals surface area contributed by atoms with E-state index >= 15 is 0 Å². The molecule has 0 aliphatic carbocycles. The van der Waals surface area contributed by atoms with Gasteiger partial charge in [-0.3, -0.25) is 14.6 Å². The number of nitrogens with zero attached hydrogens (tertiary/aromatic N) is 3. The maximum atomic E-state index is 13.0. The molecule has 1 aromatic carbocycles. The Morgan fingerprint density at radius 1 is 1.13 bits per heavy atom. The maximum absolute atomic E-state index is 13.0. The molecule has 0 spiro atoms. The quantitative estimate of drug-likeness (QED) is 0.395. The molecule has 164 valence electrons. The van der Waals surface area contributed by atoms with E-state index in [0.29, 0.717) is 35.7 Å². The van der Waals surface area contributed by atoms with E-state index in [0.717, 1.165) is 6.54 Å². The fourth-order valence-electron chi connectivity index (χ4n) is 3.65. The number of aromatic nitrogens is 1. The summed E-state index contributed by atoms with van der Waals surface area (Å²) in [5.41, 5.74) is 0.888. The monoisotopic (exact) mass is 425 g/mol. The molecule has 1 aliphatic heterocycles. The zero-order valence-corrected chi connectivity index (χ0v) is 18.2. The Hall–Kier alpha value is -3.39. The Kier molecular flexibility index (Phi) is 6.91. The molecular weight excluding hydrogens is 398 g/mol. The predicted octanol–water partition coefficient (Wildman–Crippen LogP) is 2.47. The summed E-state index contributed by atoms with van der Waals surface area (Å²) < 4.78 is 10.5. The number of ketones is 1. The highest BCUT2D eigenvalue weighted by Crippen LogP contribution is 2.40. The van der Waals surface area contributed by atoms with Crippen LogP contribution in [0.25, 0.3) is 5.76 Å². The van der Waals surface area contributed by atoms with E-state index in [1.165, 1.54) is 19.1 Å². The molecule has 1 N–H and O–H groups in total. The van der Waals surface area contributed by atoms with Crippen LogP contribution < -0.4 is 9.47 Å². The van der Waals surface area contributed by atoms with Crippen LogP contribution in [0.2, 0.25) is 0 Å². The number of benzene rings is 1. The average molecular weight is 425 g/mol. The molecule has 1 saturated heterocycles. The van der Waals surface area contributed by atoms with Gasteiger partial charge >= 0.3 is 0 Å². The fraction of sp³-hybridized carbons (Fsp3) is 0.348. The van der Waals surface area contributed by atoms with Crippen LogP contribution in [0.1, 0.15) is 23.7 Å². The predicted molar refractivity (Wildman–Crippen MR) is 116 cm³/mol. The third kappa shape index (κ3) is 4.54. The topological polar surface area (TPSA) is 92.2 Å². The van der Waals surface area contributed by atoms with Crippen LogP contribution >= 0.6 is 0 Å². The summed E-state index contributed by atoms with van der Waals surface area (Å²) in [6.07, 6.45) is 2.28. The van der Waals surface area contributed by atoms with E-state index in [4.69, 9.17) is 9.47 Å². The van der Waals surface area contributed by atoms with Crippen LogP contribution in [0.5, 0.6) is 11.5 Å². The van der Waals surface area contributed by atoms with Crippen molar-refractivity contribution < 1.29 is 24.2 Å². The van der Waals surface area contributed by atoms with Crippen molar-refractivity contribution in [3.8, 4) is 11.5 Å². The zero-order valence-electron chi connectivity index (χ0n) is 18.2. The van der Waals surface area contributed by atoms with Crippen molar-refractivity contribution in [2.75, 3.05) is 41.4 Å². The van der Waals surface area contributed by atoms with Crippen molar-refractivity contribution in [1.82, 2.24) is 14.8 Å². The summed E-state index contributed by atoms with van der Waals surface area (Å²) in [6, 6.07) is 9.36. The van der Waals surface area contributed by atoms with Gasteiger partial charge in [0.05, 0.1) is 25.5 Å². The molecule has 1 aliphatic rings. The van der Waals surface area contributed by atoms with Gasteiger partial charge in [0.25, 0.3) is 11.7 Å². The normalized spacial score (nSPS) is 18.0. The summed E-state index contributed by atoms with van der Waals surface area (Å²) in [7, 11) is 6.89. The van der Waals surface area contributed by atoms with Gasteiger partial charge in [0, 0.05) is 18.3 Å². The van der Waals surface area contributed by atoms with E-state index < -0.39 is 17.7 Å². The van der Waals surface area contributed by atoms with Crippen LogP contribution in [0.4, 0.5) is 0 Å². The van der Waals surface area contributed by atoms with E-state index in [-0.39, 0.29) is 11.3 Å². The number of aliphatic hydroxyl groups is 1. The van der Waals surface area contributed by atoms with Crippen molar-refractivity contribution in [3.05, 3.63) is 59.4 Å². The summed E-state index contributed by atoms with van der Waals surface area (Å²) in [6.45, 7) is 1.13. The molecule has 2 heterocycles. The average Bonchev–Trinajstić information content (AvgIpc) is 3.03. The lowest BCUT2D eigenvalue weighted by Crippen LogP contribution is -2.32. The Morgan fingerprint density at radius 3 is 2.48 bits per heavy atom. The summed E-state index contributed by atoms with van der Waals surface area (Å²) >= 11 is 0. The number of amides is 1. The molecule has 1 atom stereocenters. The van der Waals surface area contributed by atoms with Crippen molar-refractivity contribution in [3.63, 3.8) is 0 Å². The number of methoxy groups -OCH3 is 2. The minimum absolute atomic E-state index is 0.0146. The second-order valence-electron chi connectivity index (χ2n) is 7.47. The zero-order chi connectivity index (χ0) is 22.5. The molecule has 8 heteroatoms. The minimum atomic E-state index is -0.767. The lowest BCUT2D eigenvalue weighted by Gasteiger charge is -2.25. The number of pyridine rings is 1. The first-order chi connectivity index (χ1) is 14.9. The lowest BCUT2D eigenvalue weighted by molar-refractivity contribution is -0.140. The Labute approximate surface area is 181 Å². The van der Waals surface area contributed by atoms with Crippen LogP contribution in [-0.4, -0.2) is 73.0 Å². The molecule has 1 fully saturated rings. The first-order valence-electron chi connectivity index (χ1n) is 9.95. The highest BCUT2D eigenvalue weighted by Gasteiger charge is 2.46. The van der Waals surface area contributed by atoms with Crippen LogP contribution in [0.3, 0.4) is 0 Å². The van der Waals surface area contributed by atoms with Gasteiger partial charge in [-0.2, -0.15) is 0 Å². The first-order valence-corrected chi connectivity index (χ1v) is 9.95. The molecule has 0 saturated carbocycles. The molecular formula is C23H27N3O5. The smallest absolute Gasteiger partial charge is 0.295 e. The van der Waals surface area contributed by atoms with Gasteiger partial charge in [0.1, 0.15) is 11.8 Å². The molecule has 31 heavy (non-hydrogen) atoms. The molecule has 0 unspecified atom stereocenters. The van der Waals surface area contributed by atoms with E-state index in [2.05, 4.69) is 4.98 Å². The molecule has 8 nitrogen and oxygen atoms in total. The van der Waals surface area contributed by atoms with E-state index in [1.54, 1.807) is 42.6 Å². The maximum Gasteiger partial charge on any atom is 0.295 e. The van der Waals surface area contributed by atoms with Gasteiger partial charge in [0.15, 0.2) is 11.5 Å². The van der Waals surface area contributed by atoms with Gasteiger partial charge in [-0.15, -0.1) is 0 Å². The Bertz CT molecular complexity index is 988. The first kappa shape index (κ1) is 22.3. The van der Waals surface area contributed by atoms with E-state index in [1.807, 2.05) is 19.0 Å². The third-order valence-corrected chi connectivity index (χ3v) is 5.17. The molecule has 2 aromatic rings. The van der Waals surface area contributed by atoms with E-state index in [9.17, 15) is 14.7 Å². The summed E-state index contributed by atoms with van der Waals surface area (Å²) in [5.74, 6) is -0.750. The number of carbonyl (C=O) groups is 2. The number of hydrogen-bond donors (Lipinski definition) is 1.